The van der Waals surface area contributed by atoms with E-state index in [2.05, 4.69) is 42.6 Å². The summed E-state index contributed by atoms with van der Waals surface area (Å²) in [6.45, 7) is 8.33. The third kappa shape index (κ3) is 4.11. The van der Waals surface area contributed by atoms with E-state index in [1.807, 2.05) is 4.68 Å². The first-order chi connectivity index (χ1) is 8.03. The van der Waals surface area contributed by atoms with E-state index in [-0.39, 0.29) is 5.54 Å². The second kappa shape index (κ2) is 5.17. The van der Waals surface area contributed by atoms with Crippen molar-refractivity contribution in [3.63, 3.8) is 0 Å². The van der Waals surface area contributed by atoms with Gasteiger partial charge in [0.25, 0.3) is 0 Å². The van der Waals surface area contributed by atoms with Gasteiger partial charge in [-0.25, -0.2) is 0 Å². The first kappa shape index (κ1) is 12.6. The molecule has 0 unspecified atom stereocenters. The summed E-state index contributed by atoms with van der Waals surface area (Å²) in [7, 11) is 0. The Morgan fingerprint density at radius 2 is 2.06 bits per heavy atom. The van der Waals surface area contributed by atoms with Crippen molar-refractivity contribution in [3.05, 3.63) is 11.9 Å². The highest BCUT2D eigenvalue weighted by atomic mass is 15.4. The van der Waals surface area contributed by atoms with Gasteiger partial charge in [-0.1, -0.05) is 18.1 Å². The average molecular weight is 236 g/mol. The summed E-state index contributed by atoms with van der Waals surface area (Å²) in [5.41, 5.74) is 1.17. The molecule has 0 aromatic carbocycles. The van der Waals surface area contributed by atoms with Gasteiger partial charge in [0.1, 0.15) is 0 Å². The van der Waals surface area contributed by atoms with Gasteiger partial charge in [-0.3, -0.25) is 4.68 Å². The topological polar surface area (TPSA) is 42.7 Å². The van der Waals surface area contributed by atoms with Gasteiger partial charge in [0, 0.05) is 24.8 Å². The molecule has 1 aromatic heterocycles. The SMILES string of the molecule is CC(C)(C)NCc1cn(CC2CCCC2)nn1. The largest absolute Gasteiger partial charge is 0.306 e. The molecule has 0 aliphatic heterocycles. The zero-order chi connectivity index (χ0) is 12.3. The molecule has 0 saturated heterocycles. The molecule has 0 spiro atoms. The van der Waals surface area contributed by atoms with Gasteiger partial charge in [0.2, 0.25) is 0 Å². The van der Waals surface area contributed by atoms with Crippen molar-refractivity contribution in [2.75, 3.05) is 0 Å². The molecule has 1 aliphatic carbocycles. The van der Waals surface area contributed by atoms with Crippen molar-refractivity contribution in [1.29, 1.82) is 0 Å². The Hall–Kier alpha value is -0.900. The van der Waals surface area contributed by atoms with Gasteiger partial charge in [0.15, 0.2) is 0 Å². The Balaban J connectivity index is 1.83. The molecule has 0 amide bonds. The first-order valence-electron chi connectivity index (χ1n) is 6.67. The Morgan fingerprint density at radius 1 is 1.35 bits per heavy atom. The van der Waals surface area contributed by atoms with Crippen LogP contribution in [0.25, 0.3) is 0 Å². The van der Waals surface area contributed by atoms with Crippen LogP contribution in [0.15, 0.2) is 6.20 Å². The number of nitrogens with zero attached hydrogens (tertiary/aromatic N) is 3. The maximum absolute atomic E-state index is 4.21. The number of rotatable bonds is 4. The summed E-state index contributed by atoms with van der Waals surface area (Å²) in [5, 5.41) is 11.8. The van der Waals surface area contributed by atoms with Crippen molar-refractivity contribution in [2.24, 2.45) is 5.92 Å². The normalized spacial score (nSPS) is 17.8. The van der Waals surface area contributed by atoms with E-state index in [1.54, 1.807) is 0 Å². The highest BCUT2D eigenvalue weighted by Crippen LogP contribution is 2.25. The molecule has 2 rings (SSSR count). The van der Waals surface area contributed by atoms with Crippen molar-refractivity contribution >= 4 is 0 Å². The summed E-state index contributed by atoms with van der Waals surface area (Å²) in [6, 6.07) is 0. The zero-order valence-corrected chi connectivity index (χ0v) is 11.2. The second-order valence-corrected chi connectivity index (χ2v) is 6.19. The van der Waals surface area contributed by atoms with Gasteiger partial charge >= 0.3 is 0 Å². The van der Waals surface area contributed by atoms with Crippen LogP contribution in [0.3, 0.4) is 0 Å². The molecule has 1 aromatic rings. The summed E-state index contributed by atoms with van der Waals surface area (Å²) >= 11 is 0. The van der Waals surface area contributed by atoms with Crippen LogP contribution >= 0.6 is 0 Å². The number of aromatic nitrogens is 3. The van der Waals surface area contributed by atoms with Gasteiger partial charge in [-0.15, -0.1) is 5.10 Å². The molecular weight excluding hydrogens is 212 g/mol. The lowest BCUT2D eigenvalue weighted by atomic mass is 10.1. The molecule has 17 heavy (non-hydrogen) atoms. The molecule has 1 fully saturated rings. The van der Waals surface area contributed by atoms with E-state index in [4.69, 9.17) is 0 Å². The lowest BCUT2D eigenvalue weighted by Crippen LogP contribution is -2.35. The zero-order valence-electron chi connectivity index (χ0n) is 11.2. The van der Waals surface area contributed by atoms with Crippen LogP contribution in [-0.4, -0.2) is 20.5 Å². The van der Waals surface area contributed by atoms with E-state index in [0.717, 1.165) is 24.7 Å². The van der Waals surface area contributed by atoms with Crippen molar-refractivity contribution in [1.82, 2.24) is 20.3 Å². The number of nitrogens with one attached hydrogen (secondary N) is 1. The Morgan fingerprint density at radius 3 is 2.71 bits per heavy atom. The Kier molecular flexibility index (Phi) is 3.82. The van der Waals surface area contributed by atoms with Crippen LogP contribution < -0.4 is 5.32 Å². The fraction of sp³-hybridized carbons (Fsp3) is 0.846. The third-order valence-corrected chi connectivity index (χ3v) is 3.31. The Bertz CT molecular complexity index is 345. The van der Waals surface area contributed by atoms with Crippen LogP contribution in [0.5, 0.6) is 0 Å². The molecule has 1 heterocycles. The van der Waals surface area contributed by atoms with E-state index >= 15 is 0 Å². The van der Waals surface area contributed by atoms with Crippen LogP contribution in [0.2, 0.25) is 0 Å². The average Bonchev–Trinajstić information content (AvgIpc) is 2.86. The quantitative estimate of drug-likeness (QED) is 0.872. The minimum absolute atomic E-state index is 0.134. The molecule has 0 bridgehead atoms. The summed E-state index contributed by atoms with van der Waals surface area (Å²) in [5.74, 6) is 0.820. The van der Waals surface area contributed by atoms with Crippen molar-refractivity contribution < 1.29 is 0 Å². The maximum atomic E-state index is 4.21. The lowest BCUT2D eigenvalue weighted by Gasteiger charge is -2.19. The Labute approximate surface area is 104 Å². The van der Waals surface area contributed by atoms with Crippen molar-refractivity contribution in [2.45, 2.75) is 65.1 Å². The van der Waals surface area contributed by atoms with Gasteiger partial charge in [0.05, 0.1) is 5.69 Å². The monoisotopic (exact) mass is 236 g/mol. The van der Waals surface area contributed by atoms with Crippen LogP contribution in [0.1, 0.15) is 52.1 Å². The lowest BCUT2D eigenvalue weighted by molar-refractivity contribution is 0.420. The van der Waals surface area contributed by atoms with E-state index in [0.29, 0.717) is 0 Å². The highest BCUT2D eigenvalue weighted by molar-refractivity contribution is 4.93. The molecule has 0 atom stereocenters. The van der Waals surface area contributed by atoms with Gasteiger partial charge in [-0.05, 0) is 39.5 Å². The van der Waals surface area contributed by atoms with Gasteiger partial charge < -0.3 is 5.32 Å². The molecule has 96 valence electrons. The van der Waals surface area contributed by atoms with E-state index in [1.165, 1.54) is 25.7 Å². The summed E-state index contributed by atoms with van der Waals surface area (Å²) in [4.78, 5) is 0. The highest BCUT2D eigenvalue weighted by Gasteiger charge is 2.16. The molecule has 0 radical (unpaired) electrons. The fourth-order valence-corrected chi connectivity index (χ4v) is 2.32. The third-order valence-electron chi connectivity index (χ3n) is 3.31. The first-order valence-corrected chi connectivity index (χ1v) is 6.67. The van der Waals surface area contributed by atoms with Crippen LogP contribution in [-0.2, 0) is 13.1 Å². The smallest absolute Gasteiger partial charge is 0.0965 e. The van der Waals surface area contributed by atoms with Crippen LogP contribution in [0.4, 0.5) is 0 Å². The standard InChI is InChI=1S/C13H24N4/c1-13(2,3)14-8-12-10-17(16-15-12)9-11-6-4-5-7-11/h10-11,14H,4-9H2,1-3H3. The summed E-state index contributed by atoms with van der Waals surface area (Å²) < 4.78 is 2.01. The molecule has 1 aliphatic rings. The molecule has 4 heteroatoms. The fourth-order valence-electron chi connectivity index (χ4n) is 2.32. The minimum atomic E-state index is 0.134. The number of hydrogen-bond acceptors (Lipinski definition) is 3. The number of hydrogen-bond donors (Lipinski definition) is 1. The van der Waals surface area contributed by atoms with E-state index < -0.39 is 0 Å². The van der Waals surface area contributed by atoms with Crippen molar-refractivity contribution in [3.8, 4) is 0 Å². The predicted octanol–water partition coefficient (Wildman–Crippen LogP) is 2.36. The summed E-state index contributed by atoms with van der Waals surface area (Å²) in [6.07, 6.45) is 7.57. The molecule has 4 nitrogen and oxygen atoms in total. The van der Waals surface area contributed by atoms with Crippen LogP contribution in [0, 0.1) is 5.92 Å². The van der Waals surface area contributed by atoms with Gasteiger partial charge in [-0.2, -0.15) is 0 Å². The molecular formula is C13H24N4. The molecule has 1 N–H and O–H groups in total. The second-order valence-electron chi connectivity index (χ2n) is 6.19. The maximum Gasteiger partial charge on any atom is 0.0965 e. The predicted molar refractivity (Wildman–Crippen MR) is 68.6 cm³/mol. The molecule has 1 saturated carbocycles. The minimum Gasteiger partial charge on any atom is -0.306 e. The van der Waals surface area contributed by atoms with E-state index in [9.17, 15) is 0 Å².